The van der Waals surface area contributed by atoms with E-state index in [0.29, 0.717) is 23.7 Å². The second kappa shape index (κ2) is 15.8. The quantitative estimate of drug-likeness (QED) is 0.137. The van der Waals surface area contributed by atoms with Gasteiger partial charge in [-0.05, 0) is 63.9 Å². The van der Waals surface area contributed by atoms with Gasteiger partial charge in [-0.15, -0.1) is 0 Å². The lowest BCUT2D eigenvalue weighted by Crippen LogP contribution is -2.51. The molecule has 220 valence electrons. The predicted octanol–water partition coefficient (Wildman–Crippen LogP) is 4.96. The van der Waals surface area contributed by atoms with E-state index in [1.165, 1.54) is 4.90 Å². The van der Waals surface area contributed by atoms with Gasteiger partial charge in [0.05, 0.1) is 18.6 Å². The highest BCUT2D eigenvalue weighted by molar-refractivity contribution is 6.53. The molecule has 0 fully saturated rings. The van der Waals surface area contributed by atoms with Gasteiger partial charge in [0.25, 0.3) is 5.91 Å². The number of carbonyl (C=O) groups excluding carboxylic acids is 3. The summed E-state index contributed by atoms with van der Waals surface area (Å²) in [4.78, 5) is 38.7. The summed E-state index contributed by atoms with van der Waals surface area (Å²) >= 11 is 11.9. The topological polar surface area (TPSA) is 120 Å². The van der Waals surface area contributed by atoms with Gasteiger partial charge in [-0.1, -0.05) is 60.5 Å². The van der Waals surface area contributed by atoms with E-state index in [0.717, 1.165) is 0 Å². The Hall–Kier alpha value is -2.85. The number of esters is 1. The molecule has 2 aromatic rings. The fourth-order valence-corrected chi connectivity index (χ4v) is 3.96. The monoisotopic (exact) mass is 595 g/mol. The second-order valence-electron chi connectivity index (χ2n) is 10.2. The van der Waals surface area contributed by atoms with E-state index in [4.69, 9.17) is 43.1 Å². The Morgan fingerprint density at radius 1 is 1.00 bits per heavy atom. The Morgan fingerprint density at radius 3 is 2.15 bits per heavy atom. The molecule has 0 radical (unpaired) electrons. The zero-order chi connectivity index (χ0) is 29.9. The number of ether oxygens (including phenoxy) is 3. The number of para-hydroxylation sites is 1. The third kappa shape index (κ3) is 11.0. The smallest absolute Gasteiger partial charge is 0.309 e. The number of benzene rings is 2. The van der Waals surface area contributed by atoms with Crippen LogP contribution < -0.4 is 15.8 Å². The highest BCUT2D eigenvalue weighted by Crippen LogP contribution is 2.26. The second-order valence-corrected chi connectivity index (χ2v) is 11.3. The Labute approximate surface area is 246 Å². The Bertz CT molecular complexity index is 1090. The first-order valence-corrected chi connectivity index (χ1v) is 14.0. The maximum Gasteiger partial charge on any atom is 0.309 e. The van der Waals surface area contributed by atoms with E-state index >= 15 is 0 Å². The molecule has 0 bridgehead atoms. The fourth-order valence-electron chi connectivity index (χ4n) is 3.71. The van der Waals surface area contributed by atoms with Crippen LogP contribution in [-0.2, 0) is 23.9 Å². The lowest BCUT2D eigenvalue weighted by molar-refractivity contribution is -0.159. The van der Waals surface area contributed by atoms with Gasteiger partial charge in [-0.25, -0.2) is 0 Å². The number of alkyl halides is 2. The van der Waals surface area contributed by atoms with E-state index in [-0.39, 0.29) is 19.6 Å². The highest BCUT2D eigenvalue weighted by Gasteiger charge is 2.32. The number of rotatable bonds is 14. The van der Waals surface area contributed by atoms with Crippen LogP contribution in [0.1, 0.15) is 52.8 Å². The van der Waals surface area contributed by atoms with Crippen LogP contribution in [0.15, 0.2) is 54.6 Å². The van der Waals surface area contributed by atoms with Crippen molar-refractivity contribution in [3.63, 3.8) is 0 Å². The minimum Gasteiger partial charge on any atom is -0.460 e. The summed E-state index contributed by atoms with van der Waals surface area (Å²) < 4.78 is 16.7. The average Bonchev–Trinajstić information content (AvgIpc) is 2.89. The molecule has 2 unspecified atom stereocenters. The molecule has 0 saturated heterocycles. The highest BCUT2D eigenvalue weighted by atomic mass is 35.5. The third-order valence-electron chi connectivity index (χ3n) is 5.67. The van der Waals surface area contributed by atoms with Crippen molar-refractivity contribution >= 4 is 41.0 Å². The summed E-state index contributed by atoms with van der Waals surface area (Å²) in [6.45, 7) is 9.48. The average molecular weight is 597 g/mol. The lowest BCUT2D eigenvalue weighted by atomic mass is 10.0. The van der Waals surface area contributed by atoms with Crippen molar-refractivity contribution in [1.82, 2.24) is 10.2 Å². The lowest BCUT2D eigenvalue weighted by Gasteiger charge is -2.34. The summed E-state index contributed by atoms with van der Waals surface area (Å²) in [6.07, 6.45) is -0.938. The number of nitrogens with two attached hydrogens (primary N) is 1. The van der Waals surface area contributed by atoms with Gasteiger partial charge in [0, 0.05) is 13.2 Å². The van der Waals surface area contributed by atoms with Gasteiger partial charge in [-0.2, -0.15) is 0 Å². The number of nitrogens with one attached hydrogen (secondary N) is 1. The maximum atomic E-state index is 13.3. The van der Waals surface area contributed by atoms with E-state index in [1.807, 2.05) is 37.3 Å². The fraction of sp³-hybridized carbons (Fsp3) is 0.483. The van der Waals surface area contributed by atoms with Gasteiger partial charge < -0.3 is 30.2 Å². The summed E-state index contributed by atoms with van der Waals surface area (Å²) in [5, 5.41) is 2.83. The van der Waals surface area contributed by atoms with Crippen molar-refractivity contribution in [1.29, 1.82) is 0 Å². The molecule has 0 aromatic heterocycles. The van der Waals surface area contributed by atoms with Gasteiger partial charge in [0.15, 0.2) is 4.84 Å². The largest absolute Gasteiger partial charge is 0.460 e. The maximum absolute atomic E-state index is 13.3. The Balaban J connectivity index is 2.30. The van der Waals surface area contributed by atoms with Crippen molar-refractivity contribution in [2.75, 3.05) is 19.8 Å². The number of hydrogen-bond donors (Lipinski definition) is 2. The molecule has 0 aliphatic carbocycles. The van der Waals surface area contributed by atoms with Gasteiger partial charge in [0.1, 0.15) is 23.3 Å². The standard InChI is InChI=1S/C29H39Cl2N3O6/c1-6-38-17-16-34(27(36)24(30)31)25(20-12-14-22(15-13-20)39-21-10-8-7-9-11-21)33-26(35)23(32)18-19(2)28(37)40-29(3,4)5/h7-15,19,23-25H,6,16-18,32H2,1-5H3,(H,33,35)/t19?,23-,25?/m0/s1. The van der Waals surface area contributed by atoms with Gasteiger partial charge in [-0.3, -0.25) is 14.4 Å². The molecule has 0 aliphatic rings. The molecule has 3 N–H and O–H groups in total. The number of hydrogen-bond acceptors (Lipinski definition) is 7. The molecule has 0 saturated carbocycles. The van der Waals surface area contributed by atoms with E-state index in [2.05, 4.69) is 5.32 Å². The van der Waals surface area contributed by atoms with Crippen LogP contribution >= 0.6 is 23.2 Å². The molecule has 2 amide bonds. The van der Waals surface area contributed by atoms with Crippen LogP contribution in [-0.4, -0.2) is 58.9 Å². The predicted molar refractivity (Wildman–Crippen MR) is 155 cm³/mol. The summed E-state index contributed by atoms with van der Waals surface area (Å²) in [7, 11) is 0. The molecular formula is C29H39Cl2N3O6. The minimum atomic E-state index is -1.37. The zero-order valence-corrected chi connectivity index (χ0v) is 25.1. The van der Waals surface area contributed by atoms with Crippen molar-refractivity contribution < 1.29 is 28.6 Å². The third-order valence-corrected chi connectivity index (χ3v) is 6.04. The molecule has 2 rings (SSSR count). The first-order valence-electron chi connectivity index (χ1n) is 13.1. The van der Waals surface area contributed by atoms with Crippen LogP contribution in [0.25, 0.3) is 0 Å². The van der Waals surface area contributed by atoms with Crippen LogP contribution in [0.2, 0.25) is 0 Å². The molecule has 11 heteroatoms. The Morgan fingerprint density at radius 2 is 1.60 bits per heavy atom. The van der Waals surface area contributed by atoms with E-state index in [1.54, 1.807) is 52.0 Å². The van der Waals surface area contributed by atoms with Gasteiger partial charge in [0.2, 0.25) is 5.91 Å². The molecule has 3 atom stereocenters. The Kier molecular flexibility index (Phi) is 13.2. The number of nitrogens with zero attached hydrogens (tertiary/aromatic N) is 1. The summed E-state index contributed by atoms with van der Waals surface area (Å²) in [5.41, 5.74) is 6.08. The summed E-state index contributed by atoms with van der Waals surface area (Å²) in [5.74, 6) is -1.05. The summed E-state index contributed by atoms with van der Waals surface area (Å²) in [6, 6.07) is 15.1. The molecule has 0 heterocycles. The zero-order valence-electron chi connectivity index (χ0n) is 23.6. The molecule has 0 spiro atoms. The first kappa shape index (κ1) is 33.4. The normalized spacial score (nSPS) is 13.7. The van der Waals surface area contributed by atoms with E-state index in [9.17, 15) is 14.4 Å². The van der Waals surface area contributed by atoms with Crippen LogP contribution in [0, 0.1) is 5.92 Å². The molecule has 40 heavy (non-hydrogen) atoms. The molecular weight excluding hydrogens is 557 g/mol. The number of amides is 2. The van der Waals surface area contributed by atoms with Crippen molar-refractivity contribution in [3.05, 3.63) is 60.2 Å². The van der Waals surface area contributed by atoms with Crippen molar-refractivity contribution in [2.45, 2.75) is 63.7 Å². The molecule has 2 aromatic carbocycles. The van der Waals surface area contributed by atoms with Crippen LogP contribution in [0.4, 0.5) is 0 Å². The number of carbonyl (C=O) groups is 3. The SMILES string of the molecule is CCOCCN(C(=O)C(Cl)Cl)C(NC(=O)[C@@H](N)CC(C)C(=O)OC(C)(C)C)c1ccc(Oc2ccccc2)cc1. The van der Waals surface area contributed by atoms with Crippen molar-refractivity contribution in [2.24, 2.45) is 11.7 Å². The molecule has 0 aliphatic heterocycles. The van der Waals surface area contributed by atoms with E-state index < -0.39 is 46.3 Å². The minimum absolute atomic E-state index is 0.0395. The van der Waals surface area contributed by atoms with Crippen LogP contribution in [0.3, 0.4) is 0 Å². The van der Waals surface area contributed by atoms with Crippen molar-refractivity contribution in [3.8, 4) is 11.5 Å². The first-order chi connectivity index (χ1) is 18.8. The molecule has 9 nitrogen and oxygen atoms in total. The van der Waals surface area contributed by atoms with Gasteiger partial charge >= 0.3 is 5.97 Å². The number of halogens is 2. The van der Waals surface area contributed by atoms with Crippen LogP contribution in [0.5, 0.6) is 11.5 Å².